The average molecular weight is 198 g/mol. The lowest BCUT2D eigenvalue weighted by atomic mass is 10.0. The quantitative estimate of drug-likeness (QED) is 0.704. The van der Waals surface area contributed by atoms with E-state index in [9.17, 15) is 4.21 Å². The number of hydrogen-bond donors (Lipinski definition) is 1. The van der Waals surface area contributed by atoms with Gasteiger partial charge in [-0.25, -0.2) is 4.21 Å². The number of hydrogen-bond acceptors (Lipinski definition) is 1. The fourth-order valence-electron chi connectivity index (χ4n) is 1.44. The van der Waals surface area contributed by atoms with Crippen molar-refractivity contribution in [1.29, 1.82) is 0 Å². The first-order chi connectivity index (χ1) is 5.95. The predicted octanol–water partition coefficient (Wildman–Crippen LogP) is 2.50. The van der Waals surface area contributed by atoms with Crippen LogP contribution in [0, 0.1) is 27.7 Å². The molecule has 72 valence electrons. The minimum Gasteiger partial charge on any atom is -0.302 e. The molecule has 0 heterocycles. The topological polar surface area (TPSA) is 37.3 Å². The van der Waals surface area contributed by atoms with E-state index < -0.39 is 11.1 Å². The third kappa shape index (κ3) is 1.81. The molecule has 0 amide bonds. The first kappa shape index (κ1) is 10.4. The lowest BCUT2D eigenvalue weighted by molar-refractivity contribution is 0.563. The molecule has 0 fully saturated rings. The second-order valence-electron chi connectivity index (χ2n) is 3.34. The summed E-state index contributed by atoms with van der Waals surface area (Å²) in [5.41, 5.74) is 3.98. The fourth-order valence-corrected chi connectivity index (χ4v) is 2.29. The van der Waals surface area contributed by atoms with Crippen LogP contribution in [-0.4, -0.2) is 8.76 Å². The second-order valence-corrected chi connectivity index (χ2v) is 4.25. The molecule has 1 rings (SSSR count). The summed E-state index contributed by atoms with van der Waals surface area (Å²) in [7, 11) is 0. The van der Waals surface area contributed by atoms with Crippen molar-refractivity contribution < 1.29 is 8.76 Å². The Hall–Kier alpha value is -0.670. The van der Waals surface area contributed by atoms with Gasteiger partial charge in [-0.1, -0.05) is 6.07 Å². The van der Waals surface area contributed by atoms with Gasteiger partial charge < -0.3 is 4.55 Å². The maximum absolute atomic E-state index is 11.1. The van der Waals surface area contributed by atoms with Crippen LogP contribution in [0.3, 0.4) is 0 Å². The molecule has 0 aliphatic carbocycles. The van der Waals surface area contributed by atoms with Crippen molar-refractivity contribution in [3.8, 4) is 0 Å². The van der Waals surface area contributed by atoms with Gasteiger partial charge in [0.2, 0.25) is 0 Å². The summed E-state index contributed by atoms with van der Waals surface area (Å²) in [5.74, 6) is 0. The molecule has 3 heteroatoms. The molecular weight excluding hydrogens is 184 g/mol. The van der Waals surface area contributed by atoms with Crippen LogP contribution in [0.2, 0.25) is 0 Å². The van der Waals surface area contributed by atoms with Crippen LogP contribution < -0.4 is 0 Å². The van der Waals surface area contributed by atoms with Crippen LogP contribution in [0.1, 0.15) is 22.3 Å². The zero-order valence-electron chi connectivity index (χ0n) is 8.34. The Labute approximate surface area is 81.3 Å². The minimum atomic E-state index is -1.87. The van der Waals surface area contributed by atoms with Gasteiger partial charge >= 0.3 is 0 Å². The van der Waals surface area contributed by atoms with Gasteiger partial charge in [-0.2, -0.15) is 0 Å². The van der Waals surface area contributed by atoms with Crippen molar-refractivity contribution in [3.05, 3.63) is 28.3 Å². The van der Waals surface area contributed by atoms with E-state index in [4.69, 9.17) is 4.55 Å². The van der Waals surface area contributed by atoms with E-state index in [1.165, 1.54) is 0 Å². The van der Waals surface area contributed by atoms with Crippen molar-refractivity contribution in [2.45, 2.75) is 32.6 Å². The van der Waals surface area contributed by atoms with E-state index >= 15 is 0 Å². The van der Waals surface area contributed by atoms with Crippen molar-refractivity contribution in [2.75, 3.05) is 0 Å². The maximum Gasteiger partial charge on any atom is 0.187 e. The molecule has 0 radical (unpaired) electrons. The van der Waals surface area contributed by atoms with Crippen LogP contribution >= 0.6 is 0 Å². The van der Waals surface area contributed by atoms with Crippen molar-refractivity contribution in [2.24, 2.45) is 0 Å². The normalized spacial score (nSPS) is 13.0. The van der Waals surface area contributed by atoms with Gasteiger partial charge in [-0.15, -0.1) is 0 Å². The molecule has 1 unspecified atom stereocenters. The summed E-state index contributed by atoms with van der Waals surface area (Å²) in [5, 5.41) is 0. The number of rotatable bonds is 1. The van der Waals surface area contributed by atoms with Crippen molar-refractivity contribution in [3.63, 3.8) is 0 Å². The molecule has 0 spiro atoms. The predicted molar refractivity (Wildman–Crippen MR) is 54.4 cm³/mol. The molecular formula is C10H14O2S. The molecule has 1 aromatic carbocycles. The van der Waals surface area contributed by atoms with Crippen LogP contribution in [0.5, 0.6) is 0 Å². The molecule has 0 aliphatic heterocycles. The Kier molecular flexibility index (Phi) is 2.88. The smallest absolute Gasteiger partial charge is 0.187 e. The molecule has 0 bridgehead atoms. The fraction of sp³-hybridized carbons (Fsp3) is 0.400. The Morgan fingerprint density at radius 2 is 1.46 bits per heavy atom. The molecule has 1 aromatic rings. The molecule has 0 aliphatic rings. The van der Waals surface area contributed by atoms with Gasteiger partial charge in [0.15, 0.2) is 11.1 Å². The highest BCUT2D eigenvalue weighted by atomic mass is 32.2. The first-order valence-corrected chi connectivity index (χ1v) is 5.24. The lowest BCUT2D eigenvalue weighted by Gasteiger charge is -2.11. The van der Waals surface area contributed by atoms with Crippen LogP contribution in [0.4, 0.5) is 0 Å². The van der Waals surface area contributed by atoms with Gasteiger partial charge in [0.05, 0.1) is 4.90 Å². The molecule has 1 N–H and O–H groups in total. The number of benzene rings is 1. The van der Waals surface area contributed by atoms with Crippen molar-refractivity contribution in [1.82, 2.24) is 0 Å². The van der Waals surface area contributed by atoms with E-state index in [-0.39, 0.29) is 0 Å². The average Bonchev–Trinajstić information content (AvgIpc) is 2.01. The number of aryl methyl sites for hydroxylation is 2. The van der Waals surface area contributed by atoms with E-state index in [1.807, 2.05) is 33.8 Å². The Balaban J connectivity index is 3.56. The SMILES string of the molecule is Cc1cc(C)c(C)c(S(=O)O)c1C. The minimum absolute atomic E-state index is 0.567. The summed E-state index contributed by atoms with van der Waals surface area (Å²) < 4.78 is 20.2. The first-order valence-electron chi connectivity index (χ1n) is 4.13. The summed E-state index contributed by atoms with van der Waals surface area (Å²) >= 11 is -1.87. The third-order valence-corrected chi connectivity index (χ3v) is 3.43. The van der Waals surface area contributed by atoms with E-state index in [2.05, 4.69) is 0 Å². The van der Waals surface area contributed by atoms with Gasteiger partial charge in [-0.05, 0) is 49.9 Å². The largest absolute Gasteiger partial charge is 0.302 e. The molecule has 1 atom stereocenters. The third-order valence-electron chi connectivity index (χ3n) is 2.47. The Morgan fingerprint density at radius 1 is 1.08 bits per heavy atom. The van der Waals surface area contributed by atoms with E-state index in [0.29, 0.717) is 4.90 Å². The summed E-state index contributed by atoms with van der Waals surface area (Å²) in [6.07, 6.45) is 0. The molecule has 0 saturated carbocycles. The van der Waals surface area contributed by atoms with Crippen LogP contribution in [0.15, 0.2) is 11.0 Å². The highest BCUT2D eigenvalue weighted by molar-refractivity contribution is 7.79. The van der Waals surface area contributed by atoms with E-state index in [0.717, 1.165) is 22.3 Å². The van der Waals surface area contributed by atoms with Crippen molar-refractivity contribution >= 4 is 11.1 Å². The maximum atomic E-state index is 11.1. The second kappa shape index (κ2) is 3.60. The molecule has 0 aromatic heterocycles. The highest BCUT2D eigenvalue weighted by Crippen LogP contribution is 2.23. The van der Waals surface area contributed by atoms with Gasteiger partial charge in [-0.3, -0.25) is 0 Å². The highest BCUT2D eigenvalue weighted by Gasteiger charge is 2.12. The van der Waals surface area contributed by atoms with Crippen LogP contribution in [-0.2, 0) is 11.1 Å². The molecule has 2 nitrogen and oxygen atoms in total. The Morgan fingerprint density at radius 3 is 1.77 bits per heavy atom. The molecule has 0 saturated heterocycles. The van der Waals surface area contributed by atoms with Crippen LogP contribution in [0.25, 0.3) is 0 Å². The summed E-state index contributed by atoms with van der Waals surface area (Å²) in [6.45, 7) is 7.67. The van der Waals surface area contributed by atoms with Gasteiger partial charge in [0.1, 0.15) is 0 Å². The summed E-state index contributed by atoms with van der Waals surface area (Å²) in [6, 6.07) is 2.04. The summed E-state index contributed by atoms with van der Waals surface area (Å²) in [4.78, 5) is 0.567. The Bertz CT molecular complexity index is 343. The zero-order valence-corrected chi connectivity index (χ0v) is 9.16. The monoisotopic (exact) mass is 198 g/mol. The zero-order chi connectivity index (χ0) is 10.2. The molecule has 13 heavy (non-hydrogen) atoms. The van der Waals surface area contributed by atoms with E-state index in [1.54, 1.807) is 0 Å². The van der Waals surface area contributed by atoms with Gasteiger partial charge in [0.25, 0.3) is 0 Å². The van der Waals surface area contributed by atoms with Gasteiger partial charge in [0, 0.05) is 0 Å². The standard InChI is InChI=1S/C10H14O2S/c1-6-5-7(2)9(4)10(8(6)3)13(11)12/h5H,1-4H3,(H,11,12). The lowest BCUT2D eigenvalue weighted by Crippen LogP contribution is -2.00.